The van der Waals surface area contributed by atoms with E-state index >= 15 is 0 Å². The molecule has 0 unspecified atom stereocenters. The fourth-order valence-corrected chi connectivity index (χ4v) is 0.767. The summed E-state index contributed by atoms with van der Waals surface area (Å²) in [6, 6.07) is 0. The minimum absolute atomic E-state index is 0.143. The summed E-state index contributed by atoms with van der Waals surface area (Å²) in [6.45, 7) is 3.49. The molecule has 0 heterocycles. The Balaban J connectivity index is 3.61. The SMILES string of the molecule is C=CCCCCC(O)(O)C(=O)O. The van der Waals surface area contributed by atoms with Crippen molar-refractivity contribution in [1.82, 2.24) is 0 Å². The van der Waals surface area contributed by atoms with E-state index < -0.39 is 11.8 Å². The van der Waals surface area contributed by atoms with Gasteiger partial charge in [-0.1, -0.05) is 6.08 Å². The molecule has 70 valence electrons. The molecule has 0 aromatic carbocycles. The fourth-order valence-electron chi connectivity index (χ4n) is 0.767. The largest absolute Gasteiger partial charge is 0.477 e. The number of allylic oxidation sites excluding steroid dienone is 1. The van der Waals surface area contributed by atoms with Gasteiger partial charge in [0.15, 0.2) is 0 Å². The van der Waals surface area contributed by atoms with Crippen molar-refractivity contribution < 1.29 is 20.1 Å². The summed E-state index contributed by atoms with van der Waals surface area (Å²) in [5, 5.41) is 25.9. The van der Waals surface area contributed by atoms with Gasteiger partial charge in [-0.2, -0.15) is 0 Å². The molecule has 0 aliphatic rings. The highest BCUT2D eigenvalue weighted by molar-refractivity contribution is 5.74. The van der Waals surface area contributed by atoms with E-state index in [1.165, 1.54) is 0 Å². The first kappa shape index (κ1) is 11.1. The Labute approximate surface area is 71.1 Å². The second-order valence-electron chi connectivity index (χ2n) is 2.66. The summed E-state index contributed by atoms with van der Waals surface area (Å²) in [6.07, 6.45) is 3.51. The molecule has 0 aliphatic carbocycles. The summed E-state index contributed by atoms with van der Waals surface area (Å²) in [4.78, 5) is 10.2. The quantitative estimate of drug-likeness (QED) is 0.311. The fraction of sp³-hybridized carbons (Fsp3) is 0.625. The topological polar surface area (TPSA) is 77.8 Å². The van der Waals surface area contributed by atoms with Gasteiger partial charge in [-0.3, -0.25) is 0 Å². The van der Waals surface area contributed by atoms with Crippen molar-refractivity contribution in [3.63, 3.8) is 0 Å². The van der Waals surface area contributed by atoms with E-state index in [9.17, 15) is 4.79 Å². The molecule has 0 amide bonds. The van der Waals surface area contributed by atoms with E-state index in [2.05, 4.69) is 6.58 Å². The predicted molar refractivity (Wildman–Crippen MR) is 43.5 cm³/mol. The van der Waals surface area contributed by atoms with Crippen LogP contribution in [0.15, 0.2) is 12.7 Å². The van der Waals surface area contributed by atoms with Gasteiger partial charge in [-0.15, -0.1) is 6.58 Å². The van der Waals surface area contributed by atoms with Crippen LogP contribution in [0.3, 0.4) is 0 Å². The molecule has 0 fully saturated rings. The zero-order valence-corrected chi connectivity index (χ0v) is 6.86. The molecule has 0 saturated carbocycles. The molecule has 0 bridgehead atoms. The van der Waals surface area contributed by atoms with E-state index in [-0.39, 0.29) is 6.42 Å². The maximum atomic E-state index is 10.2. The zero-order valence-electron chi connectivity index (χ0n) is 6.86. The third-order valence-electron chi connectivity index (χ3n) is 1.53. The molecule has 0 spiro atoms. The third kappa shape index (κ3) is 4.10. The summed E-state index contributed by atoms with van der Waals surface area (Å²) >= 11 is 0. The number of aliphatic hydroxyl groups is 2. The van der Waals surface area contributed by atoms with Crippen molar-refractivity contribution in [3.05, 3.63) is 12.7 Å². The van der Waals surface area contributed by atoms with Crippen molar-refractivity contribution in [1.29, 1.82) is 0 Å². The van der Waals surface area contributed by atoms with Crippen molar-refractivity contribution in [2.24, 2.45) is 0 Å². The van der Waals surface area contributed by atoms with Crippen molar-refractivity contribution in [2.75, 3.05) is 0 Å². The Morgan fingerprint density at radius 1 is 1.42 bits per heavy atom. The van der Waals surface area contributed by atoms with Gasteiger partial charge in [0.2, 0.25) is 0 Å². The zero-order chi connectivity index (χ0) is 9.61. The smallest absolute Gasteiger partial charge is 0.364 e. The van der Waals surface area contributed by atoms with Crippen LogP contribution in [0.25, 0.3) is 0 Å². The number of aliphatic carboxylic acids is 1. The average molecular weight is 174 g/mol. The van der Waals surface area contributed by atoms with Gasteiger partial charge in [-0.05, 0) is 19.3 Å². The van der Waals surface area contributed by atoms with Gasteiger partial charge in [0.1, 0.15) is 0 Å². The highest BCUT2D eigenvalue weighted by Gasteiger charge is 2.31. The second kappa shape index (κ2) is 4.90. The van der Waals surface area contributed by atoms with Crippen LogP contribution in [0.2, 0.25) is 0 Å². The van der Waals surface area contributed by atoms with E-state index in [0.29, 0.717) is 6.42 Å². The first-order valence-electron chi connectivity index (χ1n) is 3.79. The summed E-state index contributed by atoms with van der Waals surface area (Å²) in [5.41, 5.74) is 0. The molecule has 0 saturated heterocycles. The number of carboxylic acids is 1. The number of unbranched alkanes of at least 4 members (excludes halogenated alkanes) is 2. The van der Waals surface area contributed by atoms with E-state index in [0.717, 1.165) is 12.8 Å². The lowest BCUT2D eigenvalue weighted by molar-refractivity contribution is -0.205. The summed E-state index contributed by atoms with van der Waals surface area (Å²) in [5.74, 6) is -4.16. The van der Waals surface area contributed by atoms with Gasteiger partial charge in [0, 0.05) is 6.42 Å². The molecule has 4 heteroatoms. The number of carboxylic acid groups (broad SMARTS) is 1. The number of hydrogen-bond acceptors (Lipinski definition) is 3. The predicted octanol–water partition coefficient (Wildman–Crippen LogP) is 0.498. The number of carbonyl (C=O) groups is 1. The number of hydrogen-bond donors (Lipinski definition) is 3. The van der Waals surface area contributed by atoms with Crippen LogP contribution in [-0.2, 0) is 4.79 Å². The average Bonchev–Trinajstić information content (AvgIpc) is 1.98. The number of rotatable bonds is 6. The molecular formula is C8H14O4. The maximum absolute atomic E-state index is 10.2. The highest BCUT2D eigenvalue weighted by atomic mass is 16.5. The molecule has 3 N–H and O–H groups in total. The first-order chi connectivity index (χ1) is 5.50. The third-order valence-corrected chi connectivity index (χ3v) is 1.53. The van der Waals surface area contributed by atoms with Crippen LogP contribution >= 0.6 is 0 Å². The van der Waals surface area contributed by atoms with Crippen LogP contribution in [0.4, 0.5) is 0 Å². The molecule has 0 atom stereocenters. The molecule has 0 aromatic rings. The monoisotopic (exact) mass is 174 g/mol. The second-order valence-corrected chi connectivity index (χ2v) is 2.66. The van der Waals surface area contributed by atoms with E-state index in [1.807, 2.05) is 0 Å². The van der Waals surface area contributed by atoms with Crippen LogP contribution < -0.4 is 0 Å². The molecule has 0 radical (unpaired) electrons. The molecular weight excluding hydrogens is 160 g/mol. The van der Waals surface area contributed by atoms with Crippen LogP contribution in [0.1, 0.15) is 25.7 Å². The maximum Gasteiger partial charge on any atom is 0.364 e. The van der Waals surface area contributed by atoms with Crippen molar-refractivity contribution in [3.8, 4) is 0 Å². The van der Waals surface area contributed by atoms with Crippen LogP contribution in [0.5, 0.6) is 0 Å². The Kier molecular flexibility index (Phi) is 4.54. The lowest BCUT2D eigenvalue weighted by Crippen LogP contribution is -2.37. The standard InChI is InChI=1S/C8H14O4/c1-2-3-4-5-6-8(11,12)7(9)10/h2,11-12H,1,3-6H2,(H,9,10). The minimum atomic E-state index is -2.57. The van der Waals surface area contributed by atoms with Gasteiger partial charge in [0.25, 0.3) is 5.79 Å². The normalized spacial score (nSPS) is 11.2. The Bertz CT molecular complexity index is 162. The van der Waals surface area contributed by atoms with E-state index in [4.69, 9.17) is 15.3 Å². The Morgan fingerprint density at radius 3 is 2.42 bits per heavy atom. The van der Waals surface area contributed by atoms with Crippen molar-refractivity contribution >= 4 is 5.97 Å². The molecule has 4 nitrogen and oxygen atoms in total. The van der Waals surface area contributed by atoms with Gasteiger partial charge in [-0.25, -0.2) is 4.79 Å². The molecule has 12 heavy (non-hydrogen) atoms. The van der Waals surface area contributed by atoms with Gasteiger partial charge >= 0.3 is 5.97 Å². The minimum Gasteiger partial charge on any atom is -0.477 e. The van der Waals surface area contributed by atoms with Gasteiger partial charge < -0.3 is 15.3 Å². The first-order valence-corrected chi connectivity index (χ1v) is 3.79. The van der Waals surface area contributed by atoms with E-state index in [1.54, 1.807) is 6.08 Å². The molecule has 0 aromatic heterocycles. The van der Waals surface area contributed by atoms with Crippen LogP contribution in [0, 0.1) is 0 Å². The van der Waals surface area contributed by atoms with Crippen LogP contribution in [-0.4, -0.2) is 27.1 Å². The highest BCUT2D eigenvalue weighted by Crippen LogP contribution is 2.12. The summed E-state index contributed by atoms with van der Waals surface area (Å²) < 4.78 is 0. The molecule has 0 rings (SSSR count). The van der Waals surface area contributed by atoms with Crippen molar-refractivity contribution in [2.45, 2.75) is 31.5 Å². The van der Waals surface area contributed by atoms with Gasteiger partial charge in [0.05, 0.1) is 0 Å². The summed E-state index contributed by atoms with van der Waals surface area (Å²) in [7, 11) is 0. The Morgan fingerprint density at radius 2 is 2.00 bits per heavy atom. The molecule has 0 aliphatic heterocycles. The Hall–Kier alpha value is -0.870. The lowest BCUT2D eigenvalue weighted by atomic mass is 10.1. The lowest BCUT2D eigenvalue weighted by Gasteiger charge is -2.15.